The molecule has 0 aliphatic heterocycles. The number of nitrogens with one attached hydrogen (secondary N) is 1. The van der Waals surface area contributed by atoms with E-state index in [9.17, 15) is 18.3 Å². The predicted molar refractivity (Wildman–Crippen MR) is 102 cm³/mol. The first-order valence-electron chi connectivity index (χ1n) is 9.21. The molecule has 0 saturated heterocycles. The lowest BCUT2D eigenvalue weighted by Gasteiger charge is -2.23. The van der Waals surface area contributed by atoms with Crippen LogP contribution in [0.1, 0.15) is 23.1 Å². The van der Waals surface area contributed by atoms with E-state index in [1.54, 1.807) is 0 Å². The fraction of sp³-hybridized carbons (Fsp3) is 0.238. The summed E-state index contributed by atoms with van der Waals surface area (Å²) in [5, 5.41) is 13.6. The van der Waals surface area contributed by atoms with Crippen molar-refractivity contribution in [2.24, 2.45) is 0 Å². The Balaban J connectivity index is 1.55. The zero-order valence-corrected chi connectivity index (χ0v) is 15.1. The van der Waals surface area contributed by atoms with Crippen LogP contribution in [0.5, 0.6) is 0 Å². The molecule has 2 aromatic heterocycles. The highest BCUT2D eigenvalue weighted by molar-refractivity contribution is 6.01. The zero-order valence-electron chi connectivity index (χ0n) is 15.1. The number of pyridine rings is 1. The van der Waals surface area contributed by atoms with Crippen molar-refractivity contribution in [2.45, 2.75) is 31.5 Å². The molecule has 1 atom stereocenters. The maximum absolute atomic E-state index is 13.0. The van der Waals surface area contributed by atoms with Gasteiger partial charge in [0.15, 0.2) is 5.58 Å². The number of aromatic nitrogens is 2. The highest BCUT2D eigenvalue weighted by Gasteiger charge is 2.31. The normalized spacial score (nSPS) is 16.9. The van der Waals surface area contributed by atoms with E-state index in [-0.39, 0.29) is 17.6 Å². The molecule has 148 valence electrons. The highest BCUT2D eigenvalue weighted by Crippen LogP contribution is 2.35. The first-order chi connectivity index (χ1) is 13.9. The number of nitrogens with zero attached hydrogens (tertiary/aromatic N) is 2. The number of hydrogen-bond acceptors (Lipinski definition) is 5. The lowest BCUT2D eigenvalue weighted by atomic mass is 9.88. The van der Waals surface area contributed by atoms with Gasteiger partial charge < -0.3 is 14.8 Å². The van der Waals surface area contributed by atoms with Crippen molar-refractivity contribution in [2.75, 3.05) is 5.32 Å². The van der Waals surface area contributed by atoms with Crippen molar-refractivity contribution >= 4 is 33.7 Å². The van der Waals surface area contributed by atoms with Crippen LogP contribution in [0.4, 0.5) is 24.9 Å². The Labute approximate surface area is 163 Å². The van der Waals surface area contributed by atoms with E-state index < -0.39 is 11.7 Å². The van der Waals surface area contributed by atoms with Gasteiger partial charge in [-0.25, -0.2) is 0 Å². The molecule has 5 nitrogen and oxygen atoms in total. The minimum absolute atomic E-state index is 0.190. The van der Waals surface area contributed by atoms with Crippen molar-refractivity contribution in [3.8, 4) is 0 Å². The van der Waals surface area contributed by atoms with E-state index in [2.05, 4.69) is 15.3 Å². The number of oxazole rings is 1. The van der Waals surface area contributed by atoms with Crippen LogP contribution >= 0.6 is 0 Å². The summed E-state index contributed by atoms with van der Waals surface area (Å²) in [6, 6.07) is 9.43. The van der Waals surface area contributed by atoms with Crippen LogP contribution in [-0.4, -0.2) is 21.2 Å². The number of benzene rings is 2. The van der Waals surface area contributed by atoms with Crippen LogP contribution in [0.2, 0.25) is 0 Å². The minimum Gasteiger partial charge on any atom is -0.423 e. The number of rotatable bonds is 2. The van der Waals surface area contributed by atoms with Gasteiger partial charge in [-0.1, -0.05) is 12.1 Å². The third-order valence-electron chi connectivity index (χ3n) is 5.25. The van der Waals surface area contributed by atoms with Gasteiger partial charge >= 0.3 is 6.18 Å². The Bertz CT molecular complexity index is 1230. The van der Waals surface area contributed by atoms with Crippen LogP contribution < -0.4 is 5.32 Å². The minimum atomic E-state index is -4.43. The summed E-state index contributed by atoms with van der Waals surface area (Å²) in [6.45, 7) is 0. The molecule has 2 heterocycles. The maximum Gasteiger partial charge on any atom is 0.416 e. The zero-order chi connectivity index (χ0) is 20.2. The van der Waals surface area contributed by atoms with Gasteiger partial charge in [-0.3, -0.25) is 4.98 Å². The molecule has 4 aromatic rings. The topological polar surface area (TPSA) is 71.2 Å². The van der Waals surface area contributed by atoms with Crippen LogP contribution in [0.25, 0.3) is 22.0 Å². The molecule has 2 aromatic carbocycles. The third kappa shape index (κ3) is 3.19. The molecule has 8 heteroatoms. The molecular weight excluding hydrogens is 383 g/mol. The van der Waals surface area contributed by atoms with Crippen LogP contribution in [0.15, 0.2) is 47.0 Å². The van der Waals surface area contributed by atoms with E-state index in [4.69, 9.17) is 4.42 Å². The number of anilines is 2. The SMILES string of the molecule is O[C@H]1CCc2cccc(Nc3nc4cnc5cc(C(F)(F)F)ccc5c4o3)c2C1. The van der Waals surface area contributed by atoms with Crippen LogP contribution in [0.3, 0.4) is 0 Å². The third-order valence-corrected chi connectivity index (χ3v) is 5.25. The molecule has 29 heavy (non-hydrogen) atoms. The van der Waals surface area contributed by atoms with Gasteiger partial charge in [-0.15, -0.1) is 0 Å². The largest absolute Gasteiger partial charge is 0.423 e. The van der Waals surface area contributed by atoms with Crippen molar-refractivity contribution in [3.63, 3.8) is 0 Å². The number of halogens is 3. The fourth-order valence-electron chi connectivity index (χ4n) is 3.81. The van der Waals surface area contributed by atoms with Gasteiger partial charge in [0, 0.05) is 17.5 Å². The summed E-state index contributed by atoms with van der Waals surface area (Å²) in [4.78, 5) is 8.47. The molecule has 0 amide bonds. The number of aryl methyl sites for hydroxylation is 1. The number of aliphatic hydroxyl groups is 1. The molecule has 5 rings (SSSR count). The van der Waals surface area contributed by atoms with Crippen molar-refractivity contribution in [1.82, 2.24) is 9.97 Å². The summed E-state index contributed by atoms with van der Waals surface area (Å²) < 4.78 is 44.7. The Morgan fingerprint density at radius 3 is 2.83 bits per heavy atom. The Morgan fingerprint density at radius 1 is 1.14 bits per heavy atom. The average Bonchev–Trinajstić information content (AvgIpc) is 3.10. The van der Waals surface area contributed by atoms with Crippen LogP contribution in [-0.2, 0) is 19.0 Å². The molecule has 1 aliphatic carbocycles. The maximum atomic E-state index is 13.0. The second kappa shape index (κ2) is 6.45. The first-order valence-corrected chi connectivity index (χ1v) is 9.21. The number of hydrogen-bond donors (Lipinski definition) is 2. The summed E-state index contributed by atoms with van der Waals surface area (Å²) in [5.74, 6) is 0. The summed E-state index contributed by atoms with van der Waals surface area (Å²) in [6.07, 6.45) is -1.34. The number of fused-ring (bicyclic) bond motifs is 4. The molecule has 2 N–H and O–H groups in total. The monoisotopic (exact) mass is 399 g/mol. The van der Waals surface area contributed by atoms with Gasteiger partial charge in [0.1, 0.15) is 5.52 Å². The summed E-state index contributed by atoms with van der Waals surface area (Å²) in [5.41, 5.74) is 3.24. The molecule has 0 fully saturated rings. The summed E-state index contributed by atoms with van der Waals surface area (Å²) >= 11 is 0. The lowest BCUT2D eigenvalue weighted by Crippen LogP contribution is -2.19. The van der Waals surface area contributed by atoms with Gasteiger partial charge in [0.25, 0.3) is 6.01 Å². The standard InChI is InChI=1S/C21H16F3N3O2/c22-21(23,24)12-5-7-14-17(8-12)25-10-18-19(14)29-20(27-18)26-16-3-1-2-11-4-6-13(28)9-15(11)16/h1-3,5,7-8,10,13,28H,4,6,9H2,(H,26,27)/t13-/m0/s1. The smallest absolute Gasteiger partial charge is 0.416 e. The molecule has 0 spiro atoms. The van der Waals surface area contributed by atoms with Crippen LogP contribution in [0, 0.1) is 0 Å². The van der Waals surface area contributed by atoms with Gasteiger partial charge in [0.05, 0.1) is 23.4 Å². The van der Waals surface area contributed by atoms with Gasteiger partial charge in [-0.2, -0.15) is 18.2 Å². The van der Waals surface area contributed by atoms with E-state index in [0.717, 1.165) is 36.2 Å². The molecule has 0 radical (unpaired) electrons. The second-order valence-electron chi connectivity index (χ2n) is 7.19. The molecular formula is C21H16F3N3O2. The summed E-state index contributed by atoms with van der Waals surface area (Å²) in [7, 11) is 0. The lowest BCUT2D eigenvalue weighted by molar-refractivity contribution is -0.137. The highest BCUT2D eigenvalue weighted by atomic mass is 19.4. The fourth-order valence-corrected chi connectivity index (χ4v) is 3.81. The van der Waals surface area contributed by atoms with E-state index in [0.29, 0.717) is 22.9 Å². The van der Waals surface area contributed by atoms with E-state index >= 15 is 0 Å². The van der Waals surface area contributed by atoms with Crippen molar-refractivity contribution in [3.05, 3.63) is 59.3 Å². The van der Waals surface area contributed by atoms with Gasteiger partial charge in [-0.05, 0) is 48.2 Å². The van der Waals surface area contributed by atoms with Crippen molar-refractivity contribution in [1.29, 1.82) is 0 Å². The quantitative estimate of drug-likeness (QED) is 0.497. The molecule has 0 unspecified atom stereocenters. The molecule has 0 saturated carbocycles. The molecule has 0 bridgehead atoms. The van der Waals surface area contributed by atoms with E-state index in [1.165, 1.54) is 17.8 Å². The second-order valence-corrected chi connectivity index (χ2v) is 7.19. The van der Waals surface area contributed by atoms with Gasteiger partial charge in [0.2, 0.25) is 0 Å². The Kier molecular flexibility index (Phi) is 3.99. The Hall–Kier alpha value is -3.13. The predicted octanol–water partition coefficient (Wildman–Crippen LogP) is 4.99. The Morgan fingerprint density at radius 2 is 2.00 bits per heavy atom. The van der Waals surface area contributed by atoms with E-state index in [1.807, 2.05) is 18.2 Å². The first kappa shape index (κ1) is 17.9. The number of aliphatic hydroxyl groups excluding tert-OH is 1. The number of alkyl halides is 3. The van der Waals surface area contributed by atoms with Crippen molar-refractivity contribution < 1.29 is 22.7 Å². The average molecular weight is 399 g/mol. The molecule has 1 aliphatic rings.